The average Bonchev–Trinajstić information content (AvgIpc) is 2.48. The molecule has 19 heavy (non-hydrogen) atoms. The van der Waals surface area contributed by atoms with E-state index in [1.54, 1.807) is 4.90 Å². The van der Waals surface area contributed by atoms with Gasteiger partial charge in [-0.1, -0.05) is 19.1 Å². The lowest BCUT2D eigenvalue weighted by Crippen LogP contribution is -3.12. The average molecular weight is 262 g/mol. The molecule has 2 rings (SSSR count). The van der Waals surface area contributed by atoms with Crippen LogP contribution in [0.15, 0.2) is 24.3 Å². The van der Waals surface area contributed by atoms with E-state index in [2.05, 4.69) is 31.2 Å². The Morgan fingerprint density at radius 3 is 2.74 bits per heavy atom. The Hall–Kier alpha value is -1.02. The summed E-state index contributed by atoms with van der Waals surface area (Å²) in [6.07, 6.45) is 7.85. The van der Waals surface area contributed by atoms with Crippen LogP contribution in [0.5, 0.6) is 5.75 Å². The summed E-state index contributed by atoms with van der Waals surface area (Å²) in [6, 6.07) is 8.48. The van der Waals surface area contributed by atoms with Crippen LogP contribution in [0.4, 0.5) is 0 Å². The maximum atomic E-state index is 5.83. The van der Waals surface area contributed by atoms with Crippen molar-refractivity contribution in [1.29, 1.82) is 0 Å². The minimum Gasteiger partial charge on any atom is -0.494 e. The first-order chi connectivity index (χ1) is 9.38. The van der Waals surface area contributed by atoms with Crippen LogP contribution in [0.3, 0.4) is 0 Å². The number of hydrogen-bond acceptors (Lipinski definition) is 1. The summed E-state index contributed by atoms with van der Waals surface area (Å²) >= 11 is 0. The van der Waals surface area contributed by atoms with Crippen LogP contribution in [-0.4, -0.2) is 26.2 Å². The highest BCUT2D eigenvalue weighted by Crippen LogP contribution is 2.13. The predicted octanol–water partition coefficient (Wildman–Crippen LogP) is 2.48. The second kappa shape index (κ2) is 8.21. The summed E-state index contributed by atoms with van der Waals surface area (Å²) < 4.78 is 5.83. The summed E-state index contributed by atoms with van der Waals surface area (Å²) in [7, 11) is 0. The van der Waals surface area contributed by atoms with Crippen LogP contribution in [0.25, 0.3) is 0 Å². The number of piperidine rings is 1. The monoisotopic (exact) mass is 262 g/mol. The maximum absolute atomic E-state index is 5.83. The van der Waals surface area contributed by atoms with Gasteiger partial charge in [0.25, 0.3) is 0 Å². The molecule has 106 valence electrons. The van der Waals surface area contributed by atoms with Crippen LogP contribution in [0, 0.1) is 0 Å². The number of rotatable bonds is 7. The second-order valence-corrected chi connectivity index (χ2v) is 5.62. The smallest absolute Gasteiger partial charge is 0.119 e. The molecule has 1 aliphatic heterocycles. The van der Waals surface area contributed by atoms with Gasteiger partial charge < -0.3 is 9.64 Å². The van der Waals surface area contributed by atoms with E-state index in [-0.39, 0.29) is 0 Å². The summed E-state index contributed by atoms with van der Waals surface area (Å²) in [6.45, 7) is 7.15. The maximum Gasteiger partial charge on any atom is 0.119 e. The first kappa shape index (κ1) is 14.4. The molecule has 1 N–H and O–H groups in total. The van der Waals surface area contributed by atoms with Crippen molar-refractivity contribution in [2.45, 2.75) is 45.4 Å². The van der Waals surface area contributed by atoms with Gasteiger partial charge in [0.05, 0.1) is 26.2 Å². The Morgan fingerprint density at radius 2 is 1.95 bits per heavy atom. The van der Waals surface area contributed by atoms with E-state index >= 15 is 0 Å². The Kier molecular flexibility index (Phi) is 6.22. The second-order valence-electron chi connectivity index (χ2n) is 5.62. The van der Waals surface area contributed by atoms with Gasteiger partial charge in [0.15, 0.2) is 0 Å². The number of ether oxygens (including phenoxy) is 1. The molecule has 2 heteroatoms. The molecule has 1 aliphatic rings. The van der Waals surface area contributed by atoms with Crippen molar-refractivity contribution in [1.82, 2.24) is 0 Å². The van der Waals surface area contributed by atoms with Gasteiger partial charge in [-0.25, -0.2) is 0 Å². The zero-order chi connectivity index (χ0) is 13.3. The van der Waals surface area contributed by atoms with E-state index < -0.39 is 0 Å². The van der Waals surface area contributed by atoms with Crippen LogP contribution in [0.2, 0.25) is 0 Å². The lowest BCUT2D eigenvalue weighted by molar-refractivity contribution is -0.905. The molecule has 0 aromatic heterocycles. The molecule has 0 saturated carbocycles. The number of nitrogens with one attached hydrogen (secondary N) is 1. The molecule has 0 atom stereocenters. The Labute approximate surface area is 117 Å². The van der Waals surface area contributed by atoms with Crippen LogP contribution >= 0.6 is 0 Å². The number of benzene rings is 1. The van der Waals surface area contributed by atoms with Gasteiger partial charge in [-0.3, -0.25) is 0 Å². The van der Waals surface area contributed by atoms with E-state index in [9.17, 15) is 0 Å². The van der Waals surface area contributed by atoms with Crippen LogP contribution in [-0.2, 0) is 6.42 Å². The molecular formula is C17H28NO+. The van der Waals surface area contributed by atoms with Gasteiger partial charge in [-0.15, -0.1) is 0 Å². The highest BCUT2D eigenvalue weighted by Gasteiger charge is 2.12. The highest BCUT2D eigenvalue weighted by atomic mass is 16.5. The third kappa shape index (κ3) is 5.23. The van der Waals surface area contributed by atoms with Crippen LogP contribution < -0.4 is 9.64 Å². The minimum absolute atomic E-state index is 0.862. The molecule has 0 radical (unpaired) electrons. The third-order valence-corrected chi connectivity index (χ3v) is 4.06. The Balaban J connectivity index is 1.58. The van der Waals surface area contributed by atoms with Crippen molar-refractivity contribution < 1.29 is 9.64 Å². The largest absolute Gasteiger partial charge is 0.494 e. The van der Waals surface area contributed by atoms with Gasteiger partial charge in [-0.05, 0) is 56.2 Å². The molecule has 0 spiro atoms. The van der Waals surface area contributed by atoms with E-state index in [1.165, 1.54) is 57.3 Å². The quantitative estimate of drug-likeness (QED) is 0.745. The summed E-state index contributed by atoms with van der Waals surface area (Å²) in [5.74, 6) is 1.03. The molecular weight excluding hydrogens is 234 g/mol. The standard InChI is InChI=1S/C17H27NO/c1-2-16-9-8-10-17(15-16)19-14-7-6-13-18-11-4-3-5-12-18/h8-10,15H,2-7,11-14H2,1H3/p+1. The van der Waals surface area contributed by atoms with Crippen molar-refractivity contribution in [3.63, 3.8) is 0 Å². The Bertz CT molecular complexity index is 358. The lowest BCUT2D eigenvalue weighted by atomic mass is 10.1. The fourth-order valence-corrected chi connectivity index (χ4v) is 2.82. The molecule has 1 saturated heterocycles. The Morgan fingerprint density at radius 1 is 1.11 bits per heavy atom. The van der Waals surface area contributed by atoms with Crippen molar-refractivity contribution in [2.75, 3.05) is 26.2 Å². The van der Waals surface area contributed by atoms with Gasteiger partial charge in [0.1, 0.15) is 5.75 Å². The first-order valence-electron chi connectivity index (χ1n) is 7.94. The van der Waals surface area contributed by atoms with Crippen molar-refractivity contribution in [2.24, 2.45) is 0 Å². The molecule has 0 amide bonds. The zero-order valence-corrected chi connectivity index (χ0v) is 12.3. The van der Waals surface area contributed by atoms with E-state index in [4.69, 9.17) is 4.74 Å². The molecule has 1 heterocycles. The predicted molar refractivity (Wildman–Crippen MR) is 80.0 cm³/mol. The number of likely N-dealkylation sites (tertiary alicyclic amines) is 1. The molecule has 0 unspecified atom stereocenters. The number of aryl methyl sites for hydroxylation is 1. The minimum atomic E-state index is 0.862. The fourth-order valence-electron chi connectivity index (χ4n) is 2.82. The zero-order valence-electron chi connectivity index (χ0n) is 12.3. The summed E-state index contributed by atoms with van der Waals surface area (Å²) in [4.78, 5) is 1.80. The fraction of sp³-hybridized carbons (Fsp3) is 0.647. The van der Waals surface area contributed by atoms with Gasteiger partial charge in [0, 0.05) is 0 Å². The normalized spacial score (nSPS) is 16.5. The molecule has 0 bridgehead atoms. The first-order valence-corrected chi connectivity index (χ1v) is 7.94. The van der Waals surface area contributed by atoms with Gasteiger partial charge >= 0.3 is 0 Å². The van der Waals surface area contributed by atoms with E-state index in [0.29, 0.717) is 0 Å². The molecule has 1 aromatic rings. The molecule has 1 aromatic carbocycles. The molecule has 0 aliphatic carbocycles. The topological polar surface area (TPSA) is 13.7 Å². The van der Waals surface area contributed by atoms with E-state index in [1.807, 2.05) is 0 Å². The highest BCUT2D eigenvalue weighted by molar-refractivity contribution is 5.28. The van der Waals surface area contributed by atoms with E-state index in [0.717, 1.165) is 18.8 Å². The number of hydrogen-bond donors (Lipinski definition) is 1. The molecule has 1 fully saturated rings. The summed E-state index contributed by atoms with van der Waals surface area (Å²) in [5, 5.41) is 0. The van der Waals surface area contributed by atoms with Crippen molar-refractivity contribution in [3.05, 3.63) is 29.8 Å². The van der Waals surface area contributed by atoms with Crippen LogP contribution in [0.1, 0.15) is 44.6 Å². The SMILES string of the molecule is CCc1cccc(OCCCC[NH+]2CCCCC2)c1. The lowest BCUT2D eigenvalue weighted by Gasteiger charge is -2.23. The van der Waals surface area contributed by atoms with Crippen molar-refractivity contribution in [3.8, 4) is 5.75 Å². The molecule has 2 nitrogen and oxygen atoms in total. The summed E-state index contributed by atoms with van der Waals surface area (Å²) in [5.41, 5.74) is 1.36. The number of unbranched alkanes of at least 4 members (excludes halogenated alkanes) is 1. The van der Waals surface area contributed by atoms with Gasteiger partial charge in [0.2, 0.25) is 0 Å². The van der Waals surface area contributed by atoms with Crippen molar-refractivity contribution >= 4 is 0 Å². The van der Waals surface area contributed by atoms with Gasteiger partial charge in [-0.2, -0.15) is 0 Å². The third-order valence-electron chi connectivity index (χ3n) is 4.06. The number of quaternary nitrogens is 1.